The Morgan fingerprint density at radius 3 is 1.90 bits per heavy atom. The number of hydrogen-bond acceptors (Lipinski definition) is 9. The van der Waals surface area contributed by atoms with Crippen LogP contribution in [-0.4, -0.2) is 46.5 Å². The maximum atomic E-state index is 12.7. The quantitative estimate of drug-likeness (QED) is 0.0787. The number of esters is 2. The SMILES string of the molecule is CCCCCC(=O)Oc1ccc(C[C@](NC(C)CC)(OC(=O)OC(C)(C)CC)C(=O)O)cc1OC(=O)CCCCC. The summed E-state index contributed by atoms with van der Waals surface area (Å²) in [6.07, 6.45) is 4.93. The monoisotopic (exact) mass is 579 g/mol. The van der Waals surface area contributed by atoms with Crippen molar-refractivity contribution in [2.24, 2.45) is 0 Å². The molecule has 0 aliphatic heterocycles. The van der Waals surface area contributed by atoms with Gasteiger partial charge >= 0.3 is 24.1 Å². The second-order valence-electron chi connectivity index (χ2n) is 11.0. The van der Waals surface area contributed by atoms with E-state index < -0.39 is 35.4 Å². The van der Waals surface area contributed by atoms with Gasteiger partial charge in [0.2, 0.25) is 0 Å². The van der Waals surface area contributed by atoms with Crippen LogP contribution in [0.2, 0.25) is 0 Å². The van der Waals surface area contributed by atoms with E-state index in [1.807, 2.05) is 27.7 Å². The molecule has 1 aromatic carbocycles. The van der Waals surface area contributed by atoms with E-state index in [-0.39, 0.29) is 36.8 Å². The van der Waals surface area contributed by atoms with Crippen molar-refractivity contribution in [2.75, 3.05) is 0 Å². The zero-order chi connectivity index (χ0) is 31.1. The molecule has 0 fully saturated rings. The summed E-state index contributed by atoms with van der Waals surface area (Å²) in [5, 5.41) is 13.2. The zero-order valence-electron chi connectivity index (χ0n) is 25.8. The summed E-state index contributed by atoms with van der Waals surface area (Å²) in [6.45, 7) is 12.9. The van der Waals surface area contributed by atoms with Crippen LogP contribution >= 0.6 is 0 Å². The molecule has 0 saturated heterocycles. The molecular weight excluding hydrogens is 530 g/mol. The highest BCUT2D eigenvalue weighted by atomic mass is 16.8. The highest BCUT2D eigenvalue weighted by Gasteiger charge is 2.45. The topological polar surface area (TPSA) is 137 Å². The first-order valence-electron chi connectivity index (χ1n) is 14.8. The van der Waals surface area contributed by atoms with Crippen LogP contribution in [0.5, 0.6) is 11.5 Å². The van der Waals surface area contributed by atoms with E-state index in [4.69, 9.17) is 18.9 Å². The van der Waals surface area contributed by atoms with E-state index in [0.717, 1.165) is 25.7 Å². The molecule has 2 N–H and O–H groups in total. The van der Waals surface area contributed by atoms with Crippen LogP contribution in [0, 0.1) is 0 Å². The van der Waals surface area contributed by atoms with E-state index >= 15 is 0 Å². The summed E-state index contributed by atoms with van der Waals surface area (Å²) < 4.78 is 22.0. The predicted octanol–water partition coefficient (Wildman–Crippen LogP) is 6.71. The lowest BCUT2D eigenvalue weighted by Crippen LogP contribution is -2.60. The first-order chi connectivity index (χ1) is 19.3. The number of carboxylic acids is 1. The standard InChI is InChI=1S/C31H49NO9/c1-8-12-14-16-26(33)38-24-19-18-23(20-25(24)39-27(34)17-15-13-9-2)21-31(28(35)36,32-22(5)10-3)41-29(37)40-30(6,7)11-4/h18-20,22,32H,8-17,21H2,1-7H3,(H,35,36)/t22?,31-/m0/s1. The molecule has 1 rings (SSSR count). The number of ether oxygens (including phenoxy) is 4. The second kappa shape index (κ2) is 17.6. The van der Waals surface area contributed by atoms with Crippen LogP contribution in [-0.2, 0) is 30.3 Å². The van der Waals surface area contributed by atoms with Gasteiger partial charge in [0, 0.05) is 25.3 Å². The number of aliphatic carboxylic acids is 1. The van der Waals surface area contributed by atoms with Crippen LogP contribution in [0.1, 0.15) is 118 Å². The summed E-state index contributed by atoms with van der Waals surface area (Å²) in [7, 11) is 0. The molecule has 0 aliphatic carbocycles. The first kappa shape index (κ1) is 35.9. The van der Waals surface area contributed by atoms with Crippen LogP contribution in [0.4, 0.5) is 4.79 Å². The third-order valence-corrected chi connectivity index (χ3v) is 6.78. The Hall–Kier alpha value is -3.14. The smallest absolute Gasteiger partial charge is 0.477 e. The molecular formula is C31H49NO9. The third kappa shape index (κ3) is 12.9. The van der Waals surface area contributed by atoms with Gasteiger partial charge in [-0.25, -0.2) is 9.59 Å². The number of unbranched alkanes of at least 4 members (excludes halogenated alkanes) is 4. The molecule has 0 heterocycles. The van der Waals surface area contributed by atoms with Crippen molar-refractivity contribution in [3.8, 4) is 11.5 Å². The average molecular weight is 580 g/mol. The van der Waals surface area contributed by atoms with Gasteiger partial charge in [0.05, 0.1) is 0 Å². The average Bonchev–Trinajstić information content (AvgIpc) is 2.89. The number of nitrogens with one attached hydrogen (secondary N) is 1. The summed E-state index contributed by atoms with van der Waals surface area (Å²) in [6, 6.07) is 4.10. The lowest BCUT2D eigenvalue weighted by atomic mass is 10.00. The van der Waals surface area contributed by atoms with E-state index in [2.05, 4.69) is 5.32 Å². The van der Waals surface area contributed by atoms with Gasteiger partial charge in [-0.15, -0.1) is 0 Å². The molecule has 232 valence electrons. The van der Waals surface area contributed by atoms with Crippen LogP contribution in [0.15, 0.2) is 18.2 Å². The molecule has 0 saturated carbocycles. The number of carbonyl (C=O) groups is 4. The number of rotatable bonds is 19. The fourth-order valence-electron chi connectivity index (χ4n) is 3.76. The van der Waals surface area contributed by atoms with Crippen molar-refractivity contribution >= 4 is 24.1 Å². The van der Waals surface area contributed by atoms with Crippen molar-refractivity contribution in [1.29, 1.82) is 0 Å². The predicted molar refractivity (Wildman–Crippen MR) is 155 cm³/mol. The summed E-state index contributed by atoms with van der Waals surface area (Å²) in [4.78, 5) is 50.4. The normalized spacial score (nSPS) is 13.5. The molecule has 1 aromatic rings. The molecule has 0 amide bonds. The van der Waals surface area contributed by atoms with Gasteiger partial charge in [-0.2, -0.15) is 0 Å². The van der Waals surface area contributed by atoms with Crippen LogP contribution in [0.3, 0.4) is 0 Å². The van der Waals surface area contributed by atoms with Crippen molar-refractivity contribution in [1.82, 2.24) is 5.32 Å². The summed E-state index contributed by atoms with van der Waals surface area (Å²) in [5.74, 6) is -2.33. The lowest BCUT2D eigenvalue weighted by molar-refractivity contribution is -0.169. The van der Waals surface area contributed by atoms with Crippen molar-refractivity contribution in [3.63, 3.8) is 0 Å². The zero-order valence-corrected chi connectivity index (χ0v) is 25.8. The maximum absolute atomic E-state index is 12.7. The number of carboxylic acid groups (broad SMARTS) is 1. The van der Waals surface area contributed by atoms with Gasteiger partial charge in [-0.3, -0.25) is 14.9 Å². The first-order valence-corrected chi connectivity index (χ1v) is 14.8. The molecule has 2 atom stereocenters. The van der Waals surface area contributed by atoms with Gasteiger partial charge in [0.15, 0.2) is 11.5 Å². The van der Waals surface area contributed by atoms with Gasteiger partial charge in [0.25, 0.3) is 5.72 Å². The number of carbonyl (C=O) groups excluding carboxylic acids is 3. The van der Waals surface area contributed by atoms with Gasteiger partial charge in [-0.1, -0.05) is 59.4 Å². The van der Waals surface area contributed by atoms with Gasteiger partial charge in [-0.05, 0) is 64.2 Å². The number of benzene rings is 1. The third-order valence-electron chi connectivity index (χ3n) is 6.78. The minimum atomic E-state index is -2.18. The Morgan fingerprint density at radius 2 is 1.41 bits per heavy atom. The van der Waals surface area contributed by atoms with Crippen molar-refractivity contribution < 1.29 is 43.2 Å². The molecule has 0 aliphatic rings. The Kier molecular flexibility index (Phi) is 15.4. The summed E-state index contributed by atoms with van der Waals surface area (Å²) in [5.41, 5.74) is -2.68. The fraction of sp³-hybridized carbons (Fsp3) is 0.677. The van der Waals surface area contributed by atoms with Crippen molar-refractivity contribution in [2.45, 2.75) is 136 Å². The Morgan fingerprint density at radius 1 is 0.854 bits per heavy atom. The van der Waals surface area contributed by atoms with E-state index in [9.17, 15) is 24.3 Å². The molecule has 41 heavy (non-hydrogen) atoms. The van der Waals surface area contributed by atoms with Crippen molar-refractivity contribution in [3.05, 3.63) is 23.8 Å². The second-order valence-corrected chi connectivity index (χ2v) is 11.0. The Balaban J connectivity index is 3.41. The molecule has 1 unspecified atom stereocenters. The maximum Gasteiger partial charge on any atom is 0.511 e. The molecule has 10 nitrogen and oxygen atoms in total. The van der Waals surface area contributed by atoms with Gasteiger partial charge in [0.1, 0.15) is 5.60 Å². The highest BCUT2D eigenvalue weighted by Crippen LogP contribution is 2.32. The van der Waals surface area contributed by atoms with E-state index in [1.54, 1.807) is 26.8 Å². The van der Waals surface area contributed by atoms with Crippen LogP contribution < -0.4 is 14.8 Å². The van der Waals surface area contributed by atoms with Crippen LogP contribution in [0.25, 0.3) is 0 Å². The lowest BCUT2D eigenvalue weighted by Gasteiger charge is -2.34. The molecule has 0 spiro atoms. The molecule has 0 bridgehead atoms. The largest absolute Gasteiger partial charge is 0.511 e. The molecule has 0 radical (unpaired) electrons. The van der Waals surface area contributed by atoms with Gasteiger partial charge < -0.3 is 24.1 Å². The highest BCUT2D eigenvalue weighted by molar-refractivity contribution is 5.81. The van der Waals surface area contributed by atoms with E-state index in [1.165, 1.54) is 12.1 Å². The summed E-state index contributed by atoms with van der Waals surface area (Å²) >= 11 is 0. The Bertz CT molecular complexity index is 1010. The fourth-order valence-corrected chi connectivity index (χ4v) is 3.76. The van der Waals surface area contributed by atoms with E-state index in [0.29, 0.717) is 31.2 Å². The molecule has 0 aromatic heterocycles. The molecule has 10 heteroatoms. The minimum absolute atomic E-state index is 0.00892. The Labute approximate surface area is 244 Å². The minimum Gasteiger partial charge on any atom is -0.477 e. The number of hydrogen-bond donors (Lipinski definition) is 2.